The molecule has 152 valence electrons. The molecule has 3 rings (SSSR count). The Morgan fingerprint density at radius 1 is 1.00 bits per heavy atom. The molecule has 0 amide bonds. The first-order valence-corrected chi connectivity index (χ1v) is 9.10. The van der Waals surface area contributed by atoms with E-state index in [0.717, 1.165) is 49.0 Å². The van der Waals surface area contributed by atoms with Gasteiger partial charge in [-0.2, -0.15) is 0 Å². The first-order chi connectivity index (χ1) is 13.4. The van der Waals surface area contributed by atoms with Gasteiger partial charge in [0, 0.05) is 31.4 Å². The fourth-order valence-corrected chi connectivity index (χ4v) is 3.21. The van der Waals surface area contributed by atoms with Crippen LogP contribution >= 0.6 is 0 Å². The number of aliphatic carboxylic acids is 2. The molecule has 0 aromatic carbocycles. The Morgan fingerprint density at radius 3 is 2.21 bits per heavy atom. The molecule has 0 radical (unpaired) electrons. The summed E-state index contributed by atoms with van der Waals surface area (Å²) >= 11 is 0. The summed E-state index contributed by atoms with van der Waals surface area (Å²) in [6.45, 7) is 1.27. The van der Waals surface area contributed by atoms with Crippen molar-refractivity contribution in [2.45, 2.75) is 44.3 Å². The predicted molar refractivity (Wildman–Crippen MR) is 101 cm³/mol. The van der Waals surface area contributed by atoms with Crippen molar-refractivity contribution in [1.29, 1.82) is 0 Å². The second-order valence-electron chi connectivity index (χ2n) is 6.61. The van der Waals surface area contributed by atoms with E-state index in [1.165, 1.54) is 6.08 Å². The molecule has 0 bridgehead atoms. The summed E-state index contributed by atoms with van der Waals surface area (Å²) in [4.78, 5) is 20.6. The zero-order valence-corrected chi connectivity index (χ0v) is 15.5. The van der Waals surface area contributed by atoms with Gasteiger partial charge in [0.15, 0.2) is 5.79 Å². The van der Waals surface area contributed by atoms with Crippen LogP contribution in [-0.4, -0.2) is 52.1 Å². The highest BCUT2D eigenvalue weighted by atomic mass is 16.7. The Morgan fingerprint density at radius 2 is 1.61 bits per heavy atom. The van der Waals surface area contributed by atoms with Gasteiger partial charge >= 0.3 is 11.9 Å². The Labute approximate surface area is 163 Å². The molecule has 2 aliphatic carbocycles. The highest BCUT2D eigenvalue weighted by molar-refractivity contribution is 5.88. The fourth-order valence-electron chi connectivity index (χ4n) is 3.21. The van der Waals surface area contributed by atoms with E-state index in [0.29, 0.717) is 31.8 Å². The van der Waals surface area contributed by atoms with Gasteiger partial charge in [0.1, 0.15) is 0 Å². The molecule has 8 nitrogen and oxygen atoms in total. The van der Waals surface area contributed by atoms with Crippen LogP contribution in [0.5, 0.6) is 0 Å². The Kier molecular flexibility index (Phi) is 8.16. The van der Waals surface area contributed by atoms with Gasteiger partial charge in [0.05, 0.1) is 18.9 Å². The van der Waals surface area contributed by atoms with Gasteiger partial charge in [0.25, 0.3) is 0 Å². The van der Waals surface area contributed by atoms with Crippen LogP contribution in [-0.2, 0) is 19.1 Å². The van der Waals surface area contributed by atoms with Gasteiger partial charge < -0.3 is 24.9 Å². The second kappa shape index (κ2) is 10.6. The molecule has 0 atom stereocenters. The predicted octanol–water partition coefficient (Wildman–Crippen LogP) is 3.05. The molecule has 1 heterocycles. The van der Waals surface area contributed by atoms with Crippen molar-refractivity contribution in [2.75, 3.05) is 13.2 Å². The summed E-state index contributed by atoms with van der Waals surface area (Å²) in [5, 5.41) is 28.5. The lowest BCUT2D eigenvalue weighted by atomic mass is 9.93. The van der Waals surface area contributed by atoms with Crippen molar-refractivity contribution in [1.82, 2.24) is 0 Å². The lowest BCUT2D eigenvalue weighted by molar-refractivity contribution is -0.162. The molecule has 28 heavy (non-hydrogen) atoms. The minimum atomic E-state index is -0.964. The van der Waals surface area contributed by atoms with Gasteiger partial charge in [0.2, 0.25) is 0 Å². The third-order valence-electron chi connectivity index (χ3n) is 4.49. The van der Waals surface area contributed by atoms with Gasteiger partial charge in [-0.15, -0.1) is 0 Å². The quantitative estimate of drug-likeness (QED) is 0.382. The van der Waals surface area contributed by atoms with E-state index in [4.69, 9.17) is 24.9 Å². The lowest BCUT2D eigenvalue weighted by Crippen LogP contribution is -2.32. The molecule has 1 saturated heterocycles. The van der Waals surface area contributed by atoms with E-state index >= 15 is 0 Å². The topological polar surface area (TPSA) is 126 Å². The van der Waals surface area contributed by atoms with Crippen molar-refractivity contribution in [2.24, 2.45) is 5.16 Å². The van der Waals surface area contributed by atoms with E-state index in [1.54, 1.807) is 6.08 Å². The Hall–Kier alpha value is -2.71. The third-order valence-corrected chi connectivity index (χ3v) is 4.49. The van der Waals surface area contributed by atoms with Crippen LogP contribution in [0.1, 0.15) is 38.5 Å². The smallest absolute Gasteiger partial charge is 0.328 e. The number of carboxylic acid groups (broad SMARTS) is 2. The lowest BCUT2D eigenvalue weighted by Gasteiger charge is -2.30. The first kappa shape index (κ1) is 21.6. The summed E-state index contributed by atoms with van der Waals surface area (Å²) < 4.78 is 11.1. The van der Waals surface area contributed by atoms with Crippen LogP contribution in [0.3, 0.4) is 0 Å². The van der Waals surface area contributed by atoms with Crippen molar-refractivity contribution in [3.63, 3.8) is 0 Å². The minimum Gasteiger partial charge on any atom is -0.478 e. The second-order valence-corrected chi connectivity index (χ2v) is 6.61. The zero-order valence-electron chi connectivity index (χ0n) is 15.5. The van der Waals surface area contributed by atoms with E-state index in [1.807, 2.05) is 12.2 Å². The standard InChI is InChI=1S/C11H14O4.C9H11NO3/c12-10(13)4-3-9-2-1-5-11(8-9)14-6-7-15-11;11-9(12)5-4-7-2-1-3-8(6-7)10-13/h2-4H,1,5-8H2,(H,12,13);2,4-5,13H,1,3,6H2,(H,11,12)/b4-3+;5-4+,10-8+. The molecule has 0 aromatic rings. The average Bonchev–Trinajstić information content (AvgIpc) is 3.13. The summed E-state index contributed by atoms with van der Waals surface area (Å²) in [7, 11) is 0. The number of oxime groups is 1. The number of allylic oxidation sites excluding steroid dienone is 5. The summed E-state index contributed by atoms with van der Waals surface area (Å²) in [5.41, 5.74) is 2.57. The summed E-state index contributed by atoms with van der Waals surface area (Å²) in [5.74, 6) is -2.37. The molecule has 1 aliphatic heterocycles. The molecule has 8 heteroatoms. The molecule has 0 unspecified atom stereocenters. The Bertz CT molecular complexity index is 725. The molecule has 1 spiro atoms. The summed E-state index contributed by atoms with van der Waals surface area (Å²) in [6.07, 6.45) is 13.9. The van der Waals surface area contributed by atoms with Crippen molar-refractivity contribution < 1.29 is 34.5 Å². The minimum absolute atomic E-state index is 0.479. The number of hydrogen-bond acceptors (Lipinski definition) is 6. The van der Waals surface area contributed by atoms with E-state index in [2.05, 4.69) is 5.16 Å². The number of hydrogen-bond donors (Lipinski definition) is 3. The molecular formula is C20H25NO7. The van der Waals surface area contributed by atoms with E-state index in [9.17, 15) is 9.59 Å². The van der Waals surface area contributed by atoms with Gasteiger partial charge in [-0.3, -0.25) is 0 Å². The molecule has 3 aliphatic rings. The number of carbonyl (C=O) groups is 2. The maximum atomic E-state index is 10.4. The normalized spacial score (nSPS) is 22.8. The van der Waals surface area contributed by atoms with Crippen LogP contribution in [0.2, 0.25) is 0 Å². The number of carboxylic acids is 2. The Balaban J connectivity index is 0.000000203. The first-order valence-electron chi connectivity index (χ1n) is 9.10. The van der Waals surface area contributed by atoms with E-state index < -0.39 is 17.7 Å². The monoisotopic (exact) mass is 391 g/mol. The van der Waals surface area contributed by atoms with E-state index in [-0.39, 0.29) is 0 Å². The molecular weight excluding hydrogens is 366 g/mol. The van der Waals surface area contributed by atoms with Crippen molar-refractivity contribution >= 4 is 17.7 Å². The number of rotatable bonds is 4. The summed E-state index contributed by atoms with van der Waals surface area (Å²) in [6, 6.07) is 0. The molecule has 0 aromatic heterocycles. The largest absolute Gasteiger partial charge is 0.478 e. The van der Waals surface area contributed by atoms with Crippen LogP contribution in [0.25, 0.3) is 0 Å². The average molecular weight is 391 g/mol. The number of nitrogens with zero attached hydrogens (tertiary/aromatic N) is 1. The van der Waals surface area contributed by atoms with Crippen LogP contribution in [0, 0.1) is 0 Å². The highest BCUT2D eigenvalue weighted by Crippen LogP contribution is 2.36. The van der Waals surface area contributed by atoms with Crippen molar-refractivity contribution in [3.05, 3.63) is 47.6 Å². The van der Waals surface area contributed by atoms with Gasteiger partial charge in [-0.25, -0.2) is 9.59 Å². The maximum absolute atomic E-state index is 10.4. The maximum Gasteiger partial charge on any atom is 0.328 e. The number of ether oxygens (including phenoxy) is 2. The highest BCUT2D eigenvalue weighted by Gasteiger charge is 2.38. The van der Waals surface area contributed by atoms with Gasteiger partial charge in [-0.05, 0) is 30.4 Å². The van der Waals surface area contributed by atoms with Crippen LogP contribution in [0.4, 0.5) is 0 Å². The third kappa shape index (κ3) is 7.13. The zero-order chi connectivity index (χ0) is 20.4. The molecule has 1 fully saturated rings. The van der Waals surface area contributed by atoms with Gasteiger partial charge in [-0.1, -0.05) is 29.5 Å². The van der Waals surface area contributed by atoms with Crippen LogP contribution in [0.15, 0.2) is 52.8 Å². The SMILES string of the molecule is O=C(O)/C=C/C1=CCC/C(=N\O)C1.O=C(O)/C=C/C1=CCCC2(C1)OCCO2. The fraction of sp³-hybridized carbons (Fsp3) is 0.450. The molecule has 3 N–H and O–H groups in total. The van der Waals surface area contributed by atoms with Crippen LogP contribution < -0.4 is 0 Å². The van der Waals surface area contributed by atoms with Crippen molar-refractivity contribution in [3.8, 4) is 0 Å². The molecule has 0 saturated carbocycles.